The first-order valence-electron chi connectivity index (χ1n) is 8.80. The number of carbonyl (C=O) groups excluding carboxylic acids is 1. The smallest absolute Gasteiger partial charge is 0.273 e. The van der Waals surface area contributed by atoms with E-state index in [1.54, 1.807) is 6.07 Å². The summed E-state index contributed by atoms with van der Waals surface area (Å²) in [5.41, 5.74) is 1.30. The molecule has 6 heteroatoms. The molecule has 1 saturated carbocycles. The Kier molecular flexibility index (Phi) is 3.29. The fraction of sp³-hybridized carbons (Fsp3) is 0.368. The Balaban J connectivity index is 1.44. The number of nitrogens with zero attached hydrogens (tertiary/aromatic N) is 4. The number of para-hydroxylation sites is 1. The van der Waals surface area contributed by atoms with Gasteiger partial charge in [0.15, 0.2) is 5.82 Å². The van der Waals surface area contributed by atoms with Crippen LogP contribution in [0.3, 0.4) is 0 Å². The highest BCUT2D eigenvalue weighted by Gasteiger charge is 2.37. The summed E-state index contributed by atoms with van der Waals surface area (Å²) in [7, 11) is 0. The van der Waals surface area contributed by atoms with Crippen LogP contribution >= 0.6 is 0 Å². The molecule has 1 unspecified atom stereocenters. The fourth-order valence-electron chi connectivity index (χ4n) is 3.49. The normalized spacial score (nSPS) is 20.3. The number of aromatic nitrogens is 3. The highest BCUT2D eigenvalue weighted by atomic mass is 16.5. The minimum atomic E-state index is -0.138. The van der Waals surface area contributed by atoms with Gasteiger partial charge in [0.05, 0.1) is 5.52 Å². The lowest BCUT2D eigenvalue weighted by Crippen LogP contribution is -2.31. The van der Waals surface area contributed by atoms with Crippen molar-refractivity contribution in [2.45, 2.75) is 37.6 Å². The van der Waals surface area contributed by atoms with E-state index in [0.29, 0.717) is 24.0 Å². The van der Waals surface area contributed by atoms with Gasteiger partial charge in [-0.25, -0.2) is 4.98 Å². The minimum Gasteiger partial charge on any atom is -0.337 e. The summed E-state index contributed by atoms with van der Waals surface area (Å²) in [5, 5.41) is 5.12. The Bertz CT molecular complexity index is 947. The number of rotatable bonds is 3. The van der Waals surface area contributed by atoms with Gasteiger partial charge in [0.1, 0.15) is 11.7 Å². The maximum Gasteiger partial charge on any atom is 0.273 e. The van der Waals surface area contributed by atoms with Gasteiger partial charge >= 0.3 is 0 Å². The van der Waals surface area contributed by atoms with Crippen LogP contribution in [-0.2, 0) is 0 Å². The quantitative estimate of drug-likeness (QED) is 0.733. The number of hydrogen-bond acceptors (Lipinski definition) is 5. The summed E-state index contributed by atoms with van der Waals surface area (Å²) < 4.78 is 5.46. The Morgan fingerprint density at radius 1 is 1.08 bits per heavy atom. The van der Waals surface area contributed by atoms with Crippen LogP contribution in [0.2, 0.25) is 0 Å². The molecule has 1 atom stereocenters. The topological polar surface area (TPSA) is 72.1 Å². The van der Waals surface area contributed by atoms with E-state index in [1.807, 2.05) is 35.2 Å². The number of pyridine rings is 1. The van der Waals surface area contributed by atoms with Gasteiger partial charge in [-0.2, -0.15) is 4.98 Å². The van der Waals surface area contributed by atoms with Crippen molar-refractivity contribution in [1.82, 2.24) is 20.0 Å². The van der Waals surface area contributed by atoms with Crippen molar-refractivity contribution in [3.8, 4) is 0 Å². The van der Waals surface area contributed by atoms with Crippen LogP contribution in [0.25, 0.3) is 10.9 Å². The summed E-state index contributed by atoms with van der Waals surface area (Å²) in [4.78, 5) is 23.9. The molecule has 0 spiro atoms. The summed E-state index contributed by atoms with van der Waals surface area (Å²) in [6, 6.07) is 11.4. The lowest BCUT2D eigenvalue weighted by molar-refractivity contribution is 0.0704. The van der Waals surface area contributed by atoms with Gasteiger partial charge in [0.2, 0.25) is 5.89 Å². The van der Waals surface area contributed by atoms with E-state index in [1.165, 1.54) is 0 Å². The average molecular weight is 334 g/mol. The van der Waals surface area contributed by atoms with Crippen LogP contribution in [0.5, 0.6) is 0 Å². The van der Waals surface area contributed by atoms with Crippen molar-refractivity contribution in [2.24, 2.45) is 0 Å². The molecule has 2 fully saturated rings. The predicted molar refractivity (Wildman–Crippen MR) is 91.0 cm³/mol. The van der Waals surface area contributed by atoms with Gasteiger partial charge in [-0.1, -0.05) is 29.4 Å². The van der Waals surface area contributed by atoms with Gasteiger partial charge in [-0.3, -0.25) is 4.79 Å². The predicted octanol–water partition coefficient (Wildman–Crippen LogP) is 3.47. The maximum atomic E-state index is 13.0. The van der Waals surface area contributed by atoms with Crippen molar-refractivity contribution >= 4 is 16.8 Å². The van der Waals surface area contributed by atoms with Crippen molar-refractivity contribution < 1.29 is 9.32 Å². The van der Waals surface area contributed by atoms with Crippen LogP contribution in [0.1, 0.15) is 59.8 Å². The first-order chi connectivity index (χ1) is 12.3. The van der Waals surface area contributed by atoms with Gasteiger partial charge in [-0.15, -0.1) is 0 Å². The van der Waals surface area contributed by atoms with E-state index in [4.69, 9.17) is 4.52 Å². The van der Waals surface area contributed by atoms with E-state index in [2.05, 4.69) is 15.1 Å². The number of fused-ring (bicyclic) bond motifs is 1. The monoisotopic (exact) mass is 334 g/mol. The molecular weight excluding hydrogens is 316 g/mol. The minimum absolute atomic E-state index is 0.0700. The zero-order valence-corrected chi connectivity index (χ0v) is 13.8. The molecule has 5 rings (SSSR count). The third-order valence-electron chi connectivity index (χ3n) is 5.02. The molecule has 0 bridgehead atoms. The lowest BCUT2D eigenvalue weighted by atomic mass is 10.2. The van der Waals surface area contributed by atoms with Gasteiger partial charge in [0.25, 0.3) is 5.91 Å². The Morgan fingerprint density at radius 3 is 2.84 bits per heavy atom. The Labute approximate surface area is 144 Å². The first-order valence-corrected chi connectivity index (χ1v) is 8.80. The highest BCUT2D eigenvalue weighted by molar-refractivity contribution is 5.95. The first kappa shape index (κ1) is 14.6. The second-order valence-corrected chi connectivity index (χ2v) is 6.81. The molecule has 2 aromatic heterocycles. The molecule has 3 heterocycles. The van der Waals surface area contributed by atoms with Crippen LogP contribution in [0, 0.1) is 0 Å². The molecule has 1 amide bonds. The largest absolute Gasteiger partial charge is 0.337 e. The molecule has 1 aliphatic heterocycles. The summed E-state index contributed by atoms with van der Waals surface area (Å²) in [6.45, 7) is 0.694. The molecule has 1 saturated heterocycles. The molecular formula is C19H18N4O2. The van der Waals surface area contributed by atoms with E-state index >= 15 is 0 Å². The SMILES string of the molecule is O=C(c1ccc2ccccc2n1)N1CCCC1c1nc(C2CC2)no1. The second-order valence-electron chi connectivity index (χ2n) is 6.81. The summed E-state index contributed by atoms with van der Waals surface area (Å²) in [5.74, 6) is 1.73. The number of carbonyl (C=O) groups is 1. The number of likely N-dealkylation sites (tertiary alicyclic amines) is 1. The molecule has 1 aromatic carbocycles. The van der Waals surface area contributed by atoms with Crippen LogP contribution in [0.4, 0.5) is 0 Å². The molecule has 126 valence electrons. The van der Waals surface area contributed by atoms with Crippen molar-refractivity contribution in [3.63, 3.8) is 0 Å². The average Bonchev–Trinajstić information content (AvgIpc) is 3.19. The molecule has 2 aliphatic rings. The molecule has 0 radical (unpaired) electrons. The Hall–Kier alpha value is -2.76. The van der Waals surface area contributed by atoms with Gasteiger partial charge in [-0.05, 0) is 37.8 Å². The van der Waals surface area contributed by atoms with Gasteiger partial charge < -0.3 is 9.42 Å². The van der Waals surface area contributed by atoms with Crippen molar-refractivity contribution in [1.29, 1.82) is 0 Å². The molecule has 0 N–H and O–H groups in total. The second kappa shape index (κ2) is 5.65. The van der Waals surface area contributed by atoms with Crippen LogP contribution < -0.4 is 0 Å². The summed E-state index contributed by atoms with van der Waals surface area (Å²) in [6.07, 6.45) is 4.05. The third kappa shape index (κ3) is 2.58. The zero-order valence-electron chi connectivity index (χ0n) is 13.8. The maximum absolute atomic E-state index is 13.0. The Morgan fingerprint density at radius 2 is 1.96 bits per heavy atom. The summed E-state index contributed by atoms with van der Waals surface area (Å²) >= 11 is 0. The zero-order chi connectivity index (χ0) is 16.8. The van der Waals surface area contributed by atoms with Crippen molar-refractivity contribution in [3.05, 3.63) is 53.8 Å². The molecule has 6 nitrogen and oxygen atoms in total. The van der Waals surface area contributed by atoms with Crippen LogP contribution in [0.15, 0.2) is 40.9 Å². The molecule has 1 aliphatic carbocycles. The van der Waals surface area contributed by atoms with E-state index in [9.17, 15) is 4.79 Å². The van der Waals surface area contributed by atoms with Gasteiger partial charge in [0, 0.05) is 17.8 Å². The molecule has 3 aromatic rings. The number of benzene rings is 1. The number of hydrogen-bond donors (Lipinski definition) is 0. The standard InChI is InChI=1S/C19H18N4O2/c24-19(15-10-9-12-4-1-2-5-14(12)20-15)23-11-3-6-16(23)18-21-17(22-25-18)13-7-8-13/h1-2,4-5,9-10,13,16H,3,6-8,11H2. The number of amides is 1. The van der Waals surface area contributed by atoms with E-state index in [0.717, 1.165) is 42.4 Å². The lowest BCUT2D eigenvalue weighted by Gasteiger charge is -2.21. The van der Waals surface area contributed by atoms with E-state index in [-0.39, 0.29) is 11.9 Å². The van der Waals surface area contributed by atoms with E-state index < -0.39 is 0 Å². The molecule has 25 heavy (non-hydrogen) atoms. The highest BCUT2D eigenvalue weighted by Crippen LogP contribution is 2.40. The van der Waals surface area contributed by atoms with Crippen molar-refractivity contribution in [2.75, 3.05) is 6.54 Å². The third-order valence-corrected chi connectivity index (χ3v) is 5.02. The fourth-order valence-corrected chi connectivity index (χ4v) is 3.49. The van der Waals surface area contributed by atoms with Crippen LogP contribution in [-0.4, -0.2) is 32.5 Å².